The van der Waals surface area contributed by atoms with E-state index >= 15 is 0 Å². The summed E-state index contributed by atoms with van der Waals surface area (Å²) in [6.07, 6.45) is 2.22. The van der Waals surface area contributed by atoms with Crippen LogP contribution in [0.5, 0.6) is 11.5 Å². The van der Waals surface area contributed by atoms with Gasteiger partial charge in [0.2, 0.25) is 5.91 Å². The molecule has 1 aliphatic heterocycles. The lowest BCUT2D eigenvalue weighted by Crippen LogP contribution is -2.38. The molecule has 0 bridgehead atoms. The summed E-state index contributed by atoms with van der Waals surface area (Å²) in [7, 11) is 0. The highest BCUT2D eigenvalue weighted by atomic mass is 19.1. The maximum Gasteiger partial charge on any atom is 0.230 e. The summed E-state index contributed by atoms with van der Waals surface area (Å²) < 4.78 is 24.7. The van der Waals surface area contributed by atoms with Crippen LogP contribution >= 0.6 is 0 Å². The first-order chi connectivity index (χ1) is 12.2. The average molecular weight is 341 g/mol. The van der Waals surface area contributed by atoms with E-state index in [0.717, 1.165) is 29.9 Å². The van der Waals surface area contributed by atoms with Gasteiger partial charge in [-0.2, -0.15) is 0 Å². The summed E-state index contributed by atoms with van der Waals surface area (Å²) in [4.78, 5) is 12.6. The maximum absolute atomic E-state index is 13.1. The molecule has 1 aliphatic carbocycles. The molecule has 1 amide bonds. The predicted octanol–water partition coefficient (Wildman–Crippen LogP) is 3.20. The Balaban J connectivity index is 1.30. The normalized spacial score (nSPS) is 20.0. The molecule has 2 aromatic carbocycles. The van der Waals surface area contributed by atoms with Crippen molar-refractivity contribution in [2.45, 2.75) is 30.8 Å². The second-order valence-electron chi connectivity index (χ2n) is 6.63. The number of para-hydroxylation sites is 2. The van der Waals surface area contributed by atoms with Crippen molar-refractivity contribution in [2.75, 3.05) is 13.2 Å². The van der Waals surface area contributed by atoms with Crippen molar-refractivity contribution in [2.24, 2.45) is 0 Å². The number of carbonyl (C=O) groups is 1. The quantitative estimate of drug-likeness (QED) is 0.908. The van der Waals surface area contributed by atoms with Crippen LogP contribution in [0.15, 0.2) is 48.5 Å². The van der Waals surface area contributed by atoms with Gasteiger partial charge >= 0.3 is 0 Å². The minimum Gasteiger partial charge on any atom is -0.486 e. The fraction of sp³-hybridized carbons (Fsp3) is 0.350. The SMILES string of the molecule is O=C(NCC[C@@H]1COc2ccccc2O1)C1(c2ccc(F)cc2)CC1. The third kappa shape index (κ3) is 3.18. The molecule has 25 heavy (non-hydrogen) atoms. The number of hydrogen-bond acceptors (Lipinski definition) is 3. The predicted molar refractivity (Wildman–Crippen MR) is 91.3 cm³/mol. The molecule has 0 radical (unpaired) electrons. The average Bonchev–Trinajstić information content (AvgIpc) is 3.44. The Bertz CT molecular complexity index is 771. The third-order valence-corrected chi connectivity index (χ3v) is 4.90. The Labute approximate surface area is 146 Å². The van der Waals surface area contributed by atoms with E-state index in [-0.39, 0.29) is 17.8 Å². The third-order valence-electron chi connectivity index (χ3n) is 4.90. The number of carbonyl (C=O) groups excluding carboxylic acids is 1. The van der Waals surface area contributed by atoms with Gasteiger partial charge < -0.3 is 14.8 Å². The molecule has 1 heterocycles. The van der Waals surface area contributed by atoms with Crippen molar-refractivity contribution < 1.29 is 18.7 Å². The molecule has 0 saturated heterocycles. The summed E-state index contributed by atoms with van der Waals surface area (Å²) >= 11 is 0. The monoisotopic (exact) mass is 341 g/mol. The molecule has 4 nitrogen and oxygen atoms in total. The Kier molecular flexibility index (Phi) is 4.07. The van der Waals surface area contributed by atoms with Gasteiger partial charge in [-0.3, -0.25) is 4.79 Å². The largest absolute Gasteiger partial charge is 0.486 e. The van der Waals surface area contributed by atoms with Crippen LogP contribution in [0, 0.1) is 5.82 Å². The lowest BCUT2D eigenvalue weighted by atomic mass is 9.95. The molecule has 1 N–H and O–H groups in total. The van der Waals surface area contributed by atoms with Gasteiger partial charge in [0.05, 0.1) is 5.41 Å². The number of fused-ring (bicyclic) bond motifs is 1. The molecular weight excluding hydrogens is 321 g/mol. The van der Waals surface area contributed by atoms with Crippen molar-refractivity contribution >= 4 is 5.91 Å². The fourth-order valence-electron chi connectivity index (χ4n) is 3.26. The molecule has 2 aliphatic rings. The van der Waals surface area contributed by atoms with Crippen LogP contribution in [-0.2, 0) is 10.2 Å². The van der Waals surface area contributed by atoms with E-state index < -0.39 is 5.41 Å². The van der Waals surface area contributed by atoms with Gasteiger partial charge in [0, 0.05) is 13.0 Å². The van der Waals surface area contributed by atoms with Gasteiger partial charge in [-0.1, -0.05) is 24.3 Å². The summed E-state index contributed by atoms with van der Waals surface area (Å²) in [5.41, 5.74) is 0.405. The van der Waals surface area contributed by atoms with Gasteiger partial charge in [0.1, 0.15) is 18.5 Å². The smallest absolute Gasteiger partial charge is 0.230 e. The highest BCUT2D eigenvalue weighted by Gasteiger charge is 2.51. The molecule has 0 spiro atoms. The molecule has 1 fully saturated rings. The molecule has 1 saturated carbocycles. The summed E-state index contributed by atoms with van der Waals surface area (Å²) in [5.74, 6) is 1.23. The Morgan fingerprint density at radius 2 is 1.84 bits per heavy atom. The number of hydrogen-bond donors (Lipinski definition) is 1. The van der Waals surface area contributed by atoms with E-state index in [0.29, 0.717) is 19.6 Å². The molecule has 5 heteroatoms. The van der Waals surface area contributed by atoms with E-state index in [1.54, 1.807) is 12.1 Å². The van der Waals surface area contributed by atoms with Gasteiger partial charge in [-0.15, -0.1) is 0 Å². The van der Waals surface area contributed by atoms with Gasteiger partial charge in [0.25, 0.3) is 0 Å². The van der Waals surface area contributed by atoms with Gasteiger partial charge in [0.15, 0.2) is 11.5 Å². The van der Waals surface area contributed by atoms with Crippen LogP contribution in [-0.4, -0.2) is 25.2 Å². The van der Waals surface area contributed by atoms with Crippen LogP contribution in [0.25, 0.3) is 0 Å². The minimum atomic E-state index is -0.482. The Morgan fingerprint density at radius 3 is 2.56 bits per heavy atom. The first kappa shape index (κ1) is 15.9. The minimum absolute atomic E-state index is 0.0104. The fourth-order valence-corrected chi connectivity index (χ4v) is 3.26. The summed E-state index contributed by atoms with van der Waals surface area (Å²) in [5, 5.41) is 3.00. The van der Waals surface area contributed by atoms with Crippen molar-refractivity contribution in [1.82, 2.24) is 5.32 Å². The molecule has 130 valence electrons. The van der Waals surface area contributed by atoms with E-state index in [2.05, 4.69) is 5.32 Å². The lowest BCUT2D eigenvalue weighted by molar-refractivity contribution is -0.123. The van der Waals surface area contributed by atoms with Crippen molar-refractivity contribution in [3.63, 3.8) is 0 Å². The van der Waals surface area contributed by atoms with Crippen LogP contribution < -0.4 is 14.8 Å². The molecular formula is C20H20FNO3. The van der Waals surface area contributed by atoms with E-state index in [1.165, 1.54) is 12.1 Å². The molecule has 0 aromatic heterocycles. The van der Waals surface area contributed by atoms with E-state index in [9.17, 15) is 9.18 Å². The number of nitrogens with one attached hydrogen (secondary N) is 1. The zero-order chi connectivity index (χ0) is 17.3. The van der Waals surface area contributed by atoms with Crippen LogP contribution in [0.3, 0.4) is 0 Å². The summed E-state index contributed by atoms with van der Waals surface area (Å²) in [6, 6.07) is 13.8. The Morgan fingerprint density at radius 1 is 1.12 bits per heavy atom. The van der Waals surface area contributed by atoms with Crippen molar-refractivity contribution in [3.8, 4) is 11.5 Å². The lowest BCUT2D eigenvalue weighted by Gasteiger charge is -2.26. The molecule has 1 atom stereocenters. The van der Waals surface area contributed by atoms with Crippen molar-refractivity contribution in [1.29, 1.82) is 0 Å². The van der Waals surface area contributed by atoms with Crippen LogP contribution in [0.2, 0.25) is 0 Å². The molecule has 0 unspecified atom stereocenters. The molecule has 4 rings (SSSR count). The highest BCUT2D eigenvalue weighted by Crippen LogP contribution is 2.48. The number of halogens is 1. The molecule has 2 aromatic rings. The number of rotatable bonds is 5. The second-order valence-corrected chi connectivity index (χ2v) is 6.63. The van der Waals surface area contributed by atoms with E-state index in [4.69, 9.17) is 9.47 Å². The first-order valence-corrected chi connectivity index (χ1v) is 8.60. The zero-order valence-electron chi connectivity index (χ0n) is 13.8. The number of ether oxygens (including phenoxy) is 2. The van der Waals surface area contributed by atoms with Gasteiger partial charge in [-0.05, 0) is 42.7 Å². The first-order valence-electron chi connectivity index (χ1n) is 8.60. The number of amides is 1. The topological polar surface area (TPSA) is 47.6 Å². The Hall–Kier alpha value is -2.56. The van der Waals surface area contributed by atoms with E-state index in [1.807, 2.05) is 24.3 Å². The van der Waals surface area contributed by atoms with Crippen molar-refractivity contribution in [3.05, 3.63) is 59.9 Å². The van der Waals surface area contributed by atoms with Crippen LogP contribution in [0.1, 0.15) is 24.8 Å². The second kappa shape index (κ2) is 6.39. The summed E-state index contributed by atoms with van der Waals surface area (Å²) in [6.45, 7) is 1.01. The number of benzene rings is 2. The maximum atomic E-state index is 13.1. The standard InChI is InChI=1S/C20H20FNO3/c21-15-7-5-14(6-8-15)20(10-11-20)19(23)22-12-9-16-13-24-17-3-1-2-4-18(17)25-16/h1-8,16H,9-13H2,(H,22,23)/t16-/m1/s1. The van der Waals surface area contributed by atoms with Crippen LogP contribution in [0.4, 0.5) is 4.39 Å². The van der Waals surface area contributed by atoms with Gasteiger partial charge in [-0.25, -0.2) is 4.39 Å². The zero-order valence-corrected chi connectivity index (χ0v) is 13.8. The highest BCUT2D eigenvalue weighted by molar-refractivity contribution is 5.91.